The van der Waals surface area contributed by atoms with Crippen molar-refractivity contribution in [3.05, 3.63) is 62.5 Å². The van der Waals surface area contributed by atoms with Crippen molar-refractivity contribution in [1.29, 1.82) is 0 Å². The van der Waals surface area contributed by atoms with Crippen molar-refractivity contribution >= 4 is 41.5 Å². The van der Waals surface area contributed by atoms with Crippen LogP contribution in [0.5, 0.6) is 0 Å². The zero-order valence-electron chi connectivity index (χ0n) is 24.2. The first-order valence-corrected chi connectivity index (χ1v) is 17.7. The molecule has 1 aliphatic heterocycles. The molecular weight excluding hydrogens is 576 g/mol. The van der Waals surface area contributed by atoms with Crippen LogP contribution < -0.4 is 0 Å². The maximum absolute atomic E-state index is 12.2. The Balaban J connectivity index is 1.65. The topological polar surface area (TPSA) is 51.7 Å². The van der Waals surface area contributed by atoms with E-state index in [9.17, 15) is 4.79 Å². The number of benzene rings is 1. The number of β-lactam (4-membered cyclic amide) rings is 1. The molecule has 1 amide bonds. The summed E-state index contributed by atoms with van der Waals surface area (Å²) in [6.07, 6.45) is 4.35. The van der Waals surface area contributed by atoms with Crippen LogP contribution in [0.15, 0.2) is 46.3 Å². The lowest BCUT2D eigenvalue weighted by Crippen LogP contribution is -2.52. The number of rotatable bonds is 14. The van der Waals surface area contributed by atoms with E-state index < -0.39 is 8.32 Å². The van der Waals surface area contributed by atoms with Crippen molar-refractivity contribution in [2.45, 2.75) is 116 Å². The van der Waals surface area contributed by atoms with Gasteiger partial charge in [-0.1, -0.05) is 94.7 Å². The second kappa shape index (κ2) is 13.8. The summed E-state index contributed by atoms with van der Waals surface area (Å²) in [5.41, 5.74) is 3.73. The summed E-state index contributed by atoms with van der Waals surface area (Å²) < 4.78 is 8.22. The van der Waals surface area contributed by atoms with Gasteiger partial charge in [-0.2, -0.15) is 0 Å². The van der Waals surface area contributed by atoms with Gasteiger partial charge >= 0.3 is 0 Å². The predicted molar refractivity (Wildman–Crippen MR) is 164 cm³/mol. The third-order valence-corrected chi connectivity index (χ3v) is 15.0. The summed E-state index contributed by atoms with van der Waals surface area (Å²) in [5, 5.41) is 4.84. The van der Waals surface area contributed by atoms with E-state index in [0.717, 1.165) is 33.6 Å². The number of thiazole rings is 1. The highest BCUT2D eigenvalue weighted by molar-refractivity contribution is 9.11. The number of hydroxylamine groups is 2. The van der Waals surface area contributed by atoms with Gasteiger partial charge in [-0.3, -0.25) is 9.63 Å². The molecule has 8 heteroatoms. The Morgan fingerprint density at radius 3 is 2.32 bits per heavy atom. The average Bonchev–Trinajstić information content (AvgIpc) is 3.30. The Morgan fingerprint density at radius 1 is 1.13 bits per heavy atom. The minimum absolute atomic E-state index is 0.00585. The smallest absolute Gasteiger partial charge is 0.248 e. The van der Waals surface area contributed by atoms with Crippen LogP contribution in [0.3, 0.4) is 0 Å². The molecule has 1 aromatic heterocycles. The maximum Gasteiger partial charge on any atom is 0.248 e. The van der Waals surface area contributed by atoms with E-state index >= 15 is 0 Å². The second-order valence-corrected chi connectivity index (χ2v) is 19.2. The Morgan fingerprint density at radius 2 is 1.76 bits per heavy atom. The van der Waals surface area contributed by atoms with Crippen LogP contribution in [0.2, 0.25) is 16.6 Å². The highest BCUT2D eigenvalue weighted by Crippen LogP contribution is 2.43. The molecule has 0 spiro atoms. The molecule has 0 bridgehead atoms. The Bertz CT molecular complexity index is 1050. The number of carbonyl (C=O) groups is 1. The van der Waals surface area contributed by atoms with Gasteiger partial charge in [-0.15, -0.1) is 11.3 Å². The summed E-state index contributed by atoms with van der Waals surface area (Å²) in [7, 11) is -2.03. The molecule has 5 nitrogen and oxygen atoms in total. The fourth-order valence-corrected chi connectivity index (χ4v) is 12.7. The molecule has 0 N–H and O–H groups in total. The fourth-order valence-electron chi connectivity index (χ4n) is 5.95. The predicted octanol–water partition coefficient (Wildman–Crippen LogP) is 8.77. The number of halogens is 1. The number of hydrogen-bond acceptors (Lipinski definition) is 5. The van der Waals surface area contributed by atoms with Crippen LogP contribution in [0.4, 0.5) is 0 Å². The molecule has 0 radical (unpaired) electrons. The third-order valence-electron chi connectivity index (χ3n) is 7.75. The average molecular weight is 622 g/mol. The summed E-state index contributed by atoms with van der Waals surface area (Å²) in [5.74, 6) is 0.298. The first kappa shape index (κ1) is 31.2. The number of carbonyl (C=O) groups excluding carboxylic acids is 1. The van der Waals surface area contributed by atoms with E-state index in [2.05, 4.69) is 82.8 Å². The molecule has 1 aliphatic rings. The Kier molecular flexibility index (Phi) is 11.4. The molecule has 1 saturated heterocycles. The van der Waals surface area contributed by atoms with Crippen LogP contribution in [0, 0.1) is 0 Å². The summed E-state index contributed by atoms with van der Waals surface area (Å²) in [6.45, 7) is 18.6. The molecule has 3 atom stereocenters. The normalized spacial score (nSPS) is 18.4. The molecule has 0 aliphatic carbocycles. The number of amides is 1. The second-order valence-electron chi connectivity index (χ2n) is 11.6. The quantitative estimate of drug-likeness (QED) is 0.156. The van der Waals surface area contributed by atoms with Crippen molar-refractivity contribution in [2.24, 2.45) is 0 Å². The van der Waals surface area contributed by atoms with Gasteiger partial charge in [0.25, 0.3) is 0 Å². The summed E-state index contributed by atoms with van der Waals surface area (Å²) in [4.78, 5) is 23.1. The monoisotopic (exact) mass is 620 g/mol. The van der Waals surface area contributed by atoms with Gasteiger partial charge in [-0.25, -0.2) is 10.0 Å². The molecule has 38 heavy (non-hydrogen) atoms. The van der Waals surface area contributed by atoms with Crippen molar-refractivity contribution in [2.75, 3.05) is 0 Å². The standard InChI is InChI=1S/C30H45BrN2O3SSi/c1-20(2)38(21(3)4,22(5)6)36-27(15-24(8)31)17-29-32-28(19-37-29)23(7)14-26-16-30(34)33(26)35-18-25-12-10-9-11-13-25/h9-13,15,19-23,26-27H,14,16-18H2,1-8H3/b24-15+/t23-,26+,27-/m0/s1. The highest BCUT2D eigenvalue weighted by atomic mass is 79.9. The molecule has 3 rings (SSSR count). The first-order valence-electron chi connectivity index (χ1n) is 13.9. The van der Waals surface area contributed by atoms with Gasteiger partial charge in [0.1, 0.15) is 6.61 Å². The molecule has 2 heterocycles. The van der Waals surface area contributed by atoms with Gasteiger partial charge in [0.15, 0.2) is 0 Å². The zero-order chi connectivity index (χ0) is 28.0. The van der Waals surface area contributed by atoms with E-state index in [1.165, 1.54) is 0 Å². The van der Waals surface area contributed by atoms with Crippen molar-refractivity contribution in [3.63, 3.8) is 0 Å². The molecule has 0 saturated carbocycles. The highest BCUT2D eigenvalue weighted by Gasteiger charge is 2.46. The Labute approximate surface area is 243 Å². The van der Waals surface area contributed by atoms with E-state index in [1.54, 1.807) is 16.4 Å². The van der Waals surface area contributed by atoms with Crippen LogP contribution in [0.1, 0.15) is 90.4 Å². The summed E-state index contributed by atoms with van der Waals surface area (Å²) >= 11 is 5.36. The molecular formula is C30H45BrN2O3SSi. The first-order chi connectivity index (χ1) is 17.9. The van der Waals surface area contributed by atoms with Crippen LogP contribution in [0.25, 0.3) is 0 Å². The van der Waals surface area contributed by atoms with Crippen molar-refractivity contribution in [3.8, 4) is 0 Å². The number of hydrogen-bond donors (Lipinski definition) is 0. The fraction of sp³-hybridized carbons (Fsp3) is 0.600. The number of allylic oxidation sites excluding steroid dienone is 1. The molecule has 1 fully saturated rings. The van der Waals surface area contributed by atoms with Crippen LogP contribution in [-0.2, 0) is 27.1 Å². The largest absolute Gasteiger partial charge is 0.409 e. The van der Waals surface area contributed by atoms with E-state index in [0.29, 0.717) is 29.7 Å². The van der Waals surface area contributed by atoms with E-state index in [-0.39, 0.29) is 24.0 Å². The van der Waals surface area contributed by atoms with Gasteiger partial charge in [0.05, 0.1) is 29.3 Å². The minimum atomic E-state index is -2.03. The van der Waals surface area contributed by atoms with Crippen LogP contribution in [-0.4, -0.2) is 36.4 Å². The molecule has 2 aromatic rings. The van der Waals surface area contributed by atoms with Gasteiger partial charge in [-0.05, 0) is 46.1 Å². The van der Waals surface area contributed by atoms with E-state index in [4.69, 9.17) is 14.2 Å². The number of aromatic nitrogens is 1. The third kappa shape index (κ3) is 7.66. The van der Waals surface area contributed by atoms with E-state index in [1.807, 2.05) is 30.3 Å². The lowest BCUT2D eigenvalue weighted by molar-refractivity contribution is -0.234. The van der Waals surface area contributed by atoms with Crippen molar-refractivity contribution < 1.29 is 14.1 Å². The molecule has 210 valence electrons. The maximum atomic E-state index is 12.2. The lowest BCUT2D eigenvalue weighted by Gasteiger charge is -2.44. The Hall–Kier alpha value is -1.32. The zero-order valence-corrected chi connectivity index (χ0v) is 27.6. The van der Waals surface area contributed by atoms with Gasteiger partial charge < -0.3 is 4.43 Å². The van der Waals surface area contributed by atoms with Crippen LogP contribution >= 0.6 is 27.3 Å². The molecule has 1 aromatic carbocycles. The van der Waals surface area contributed by atoms with Gasteiger partial charge in [0.2, 0.25) is 14.2 Å². The number of nitrogens with zero attached hydrogens (tertiary/aromatic N) is 2. The summed E-state index contributed by atoms with van der Waals surface area (Å²) in [6, 6.07) is 10.1. The lowest BCUT2D eigenvalue weighted by atomic mass is 9.92. The SMILES string of the molecule is C/C(Br)=C\[C@@H](Cc1nc([C@@H](C)C[C@@H]2CC(=O)N2OCc2ccccc2)cs1)O[Si](C(C)C)(C(C)C)C(C)C. The van der Waals surface area contributed by atoms with Gasteiger partial charge in [0, 0.05) is 17.7 Å². The van der Waals surface area contributed by atoms with Crippen molar-refractivity contribution in [1.82, 2.24) is 10.0 Å². The minimum Gasteiger partial charge on any atom is -0.409 e. The molecule has 0 unspecified atom stereocenters.